The molecule has 6 heteroatoms. The lowest BCUT2D eigenvalue weighted by atomic mass is 10.0. The van der Waals surface area contributed by atoms with Gasteiger partial charge in [0.15, 0.2) is 6.10 Å². The minimum atomic E-state index is -0.810. The second-order valence-electron chi connectivity index (χ2n) is 23.1. The molecule has 80 heavy (non-hydrogen) atoms. The van der Waals surface area contributed by atoms with Gasteiger partial charge in [0.25, 0.3) is 0 Å². The highest BCUT2D eigenvalue weighted by molar-refractivity contribution is 5.71. The van der Waals surface area contributed by atoms with E-state index in [0.717, 1.165) is 83.5 Å². The highest BCUT2D eigenvalue weighted by atomic mass is 16.6. The van der Waals surface area contributed by atoms with E-state index in [9.17, 15) is 14.4 Å². The summed E-state index contributed by atoms with van der Waals surface area (Å²) in [4.78, 5) is 38.4. The lowest BCUT2D eigenvalue weighted by Crippen LogP contribution is -2.30. The number of allylic oxidation sites excluding steroid dienone is 14. The number of hydrogen-bond acceptors (Lipinski definition) is 6. The first-order valence-electron chi connectivity index (χ1n) is 34.6. The maximum atomic E-state index is 12.9. The predicted molar refractivity (Wildman–Crippen MR) is 348 cm³/mol. The minimum absolute atomic E-state index is 0.0994. The Bertz CT molecular complexity index is 1520. The van der Waals surface area contributed by atoms with Crippen molar-refractivity contribution in [3.05, 3.63) is 85.1 Å². The molecule has 462 valence electrons. The standard InChI is InChI=1S/C74H130O6/c1-4-7-10-13-16-19-22-25-28-31-32-33-34-35-36-37-38-39-40-41-42-44-46-49-52-55-58-61-64-67-73(76)79-70-71(69-78-72(75)66-63-60-57-54-51-48-45-30-27-24-21-18-15-12-9-6-3)80-74(77)68-65-62-59-56-53-50-47-43-29-26-23-20-17-14-11-8-5-2/h8,11,17,20,26,29-32,45,47,50,56,59,71H,4-7,9-10,12-16,18-19,21-25,27-28,33-44,46,48-49,51-55,57-58,60-70H2,1-3H3/b11-8-,20-17-,29-26-,32-31-,45-30-,50-47-,59-56-. The fourth-order valence-electron chi connectivity index (χ4n) is 9.94. The number of hydrogen-bond donors (Lipinski definition) is 0. The maximum absolute atomic E-state index is 12.9. The van der Waals surface area contributed by atoms with Crippen LogP contribution in [0.4, 0.5) is 0 Å². The van der Waals surface area contributed by atoms with Gasteiger partial charge in [0.2, 0.25) is 0 Å². The highest BCUT2D eigenvalue weighted by Gasteiger charge is 2.19. The minimum Gasteiger partial charge on any atom is -0.462 e. The highest BCUT2D eigenvalue weighted by Crippen LogP contribution is 2.17. The maximum Gasteiger partial charge on any atom is 0.306 e. The zero-order valence-electron chi connectivity index (χ0n) is 53.1. The Morgan fingerprint density at radius 1 is 0.263 bits per heavy atom. The first kappa shape index (κ1) is 76.6. The fraction of sp³-hybridized carbons (Fsp3) is 0.770. The van der Waals surface area contributed by atoms with E-state index in [1.165, 1.54) is 218 Å². The third-order valence-corrected chi connectivity index (χ3v) is 15.1. The molecule has 0 aromatic rings. The van der Waals surface area contributed by atoms with Gasteiger partial charge in [0.05, 0.1) is 0 Å². The quantitative estimate of drug-likeness (QED) is 0.0261. The fourth-order valence-corrected chi connectivity index (χ4v) is 9.94. The zero-order chi connectivity index (χ0) is 57.8. The van der Waals surface area contributed by atoms with Gasteiger partial charge in [-0.15, -0.1) is 0 Å². The van der Waals surface area contributed by atoms with Gasteiger partial charge in [0.1, 0.15) is 13.2 Å². The van der Waals surface area contributed by atoms with Gasteiger partial charge in [-0.1, -0.05) is 305 Å². The smallest absolute Gasteiger partial charge is 0.306 e. The Morgan fingerprint density at radius 2 is 0.500 bits per heavy atom. The Morgan fingerprint density at radius 3 is 0.812 bits per heavy atom. The van der Waals surface area contributed by atoms with Crippen molar-refractivity contribution >= 4 is 17.9 Å². The molecule has 1 atom stereocenters. The SMILES string of the molecule is CC/C=C\C/C=C\C/C=C\C/C=C\C/C=C\CCCC(=O)OC(COC(=O)CCCCCCC/C=C\CCCCCCCCC)COC(=O)CCCCCCCCCCCCCCCCCCC/C=C\CCCCCCCCCC. The second kappa shape index (κ2) is 68.1. The van der Waals surface area contributed by atoms with Crippen molar-refractivity contribution in [1.82, 2.24) is 0 Å². The van der Waals surface area contributed by atoms with E-state index in [1.54, 1.807) is 0 Å². The van der Waals surface area contributed by atoms with Crippen LogP contribution in [0.25, 0.3) is 0 Å². The molecule has 0 aliphatic heterocycles. The van der Waals surface area contributed by atoms with Gasteiger partial charge in [-0.3, -0.25) is 14.4 Å². The van der Waals surface area contributed by atoms with Crippen molar-refractivity contribution in [1.29, 1.82) is 0 Å². The number of carbonyl (C=O) groups excluding carboxylic acids is 3. The van der Waals surface area contributed by atoms with Gasteiger partial charge in [-0.2, -0.15) is 0 Å². The molecule has 6 nitrogen and oxygen atoms in total. The average Bonchev–Trinajstić information content (AvgIpc) is 3.46. The van der Waals surface area contributed by atoms with Gasteiger partial charge in [-0.05, 0) is 109 Å². The van der Waals surface area contributed by atoms with E-state index in [1.807, 2.05) is 0 Å². The van der Waals surface area contributed by atoms with Crippen LogP contribution in [0.5, 0.6) is 0 Å². The summed E-state index contributed by atoms with van der Waals surface area (Å²) >= 11 is 0. The number of esters is 3. The summed E-state index contributed by atoms with van der Waals surface area (Å²) in [5.74, 6) is -0.952. The van der Waals surface area contributed by atoms with Crippen LogP contribution in [0.2, 0.25) is 0 Å². The summed E-state index contributed by atoms with van der Waals surface area (Å²) in [6.07, 6.45) is 90.5. The molecule has 0 spiro atoms. The Hall–Kier alpha value is -3.41. The van der Waals surface area contributed by atoms with Gasteiger partial charge >= 0.3 is 17.9 Å². The average molecular weight is 1120 g/mol. The third-order valence-electron chi connectivity index (χ3n) is 15.1. The van der Waals surface area contributed by atoms with Gasteiger partial charge < -0.3 is 14.2 Å². The number of ether oxygens (including phenoxy) is 3. The topological polar surface area (TPSA) is 78.9 Å². The molecule has 0 aromatic heterocycles. The molecule has 0 rings (SSSR count). The molecule has 0 aromatic carbocycles. The molecular weight excluding hydrogens is 985 g/mol. The second-order valence-corrected chi connectivity index (χ2v) is 23.1. The van der Waals surface area contributed by atoms with Crippen molar-refractivity contribution in [3.8, 4) is 0 Å². The van der Waals surface area contributed by atoms with E-state index in [-0.39, 0.29) is 37.5 Å². The van der Waals surface area contributed by atoms with E-state index in [4.69, 9.17) is 14.2 Å². The Balaban J connectivity index is 4.30. The monoisotopic (exact) mass is 1110 g/mol. The van der Waals surface area contributed by atoms with Crippen LogP contribution in [0.3, 0.4) is 0 Å². The van der Waals surface area contributed by atoms with Crippen LogP contribution in [0.1, 0.15) is 348 Å². The van der Waals surface area contributed by atoms with Gasteiger partial charge in [-0.25, -0.2) is 0 Å². The van der Waals surface area contributed by atoms with E-state index in [0.29, 0.717) is 19.3 Å². The lowest BCUT2D eigenvalue weighted by molar-refractivity contribution is -0.167. The number of carbonyl (C=O) groups is 3. The molecule has 0 radical (unpaired) electrons. The molecule has 0 saturated heterocycles. The van der Waals surface area contributed by atoms with Crippen LogP contribution in [0, 0.1) is 0 Å². The van der Waals surface area contributed by atoms with Crippen LogP contribution < -0.4 is 0 Å². The number of unbranched alkanes of at least 4 members (excludes halogenated alkanes) is 38. The summed E-state index contributed by atoms with van der Waals surface area (Å²) in [6, 6.07) is 0. The summed E-state index contributed by atoms with van der Waals surface area (Å²) in [7, 11) is 0. The van der Waals surface area contributed by atoms with Crippen LogP contribution in [0.15, 0.2) is 85.1 Å². The van der Waals surface area contributed by atoms with Crippen molar-refractivity contribution < 1.29 is 28.6 Å². The first-order valence-corrected chi connectivity index (χ1v) is 34.6. The molecule has 0 N–H and O–H groups in total. The van der Waals surface area contributed by atoms with Crippen molar-refractivity contribution in [2.24, 2.45) is 0 Å². The van der Waals surface area contributed by atoms with Crippen molar-refractivity contribution in [2.75, 3.05) is 13.2 Å². The van der Waals surface area contributed by atoms with E-state index < -0.39 is 6.10 Å². The normalized spacial score (nSPS) is 12.6. The predicted octanol–water partition coefficient (Wildman–Crippen LogP) is 23.8. The molecule has 0 aliphatic carbocycles. The summed E-state index contributed by atoms with van der Waals surface area (Å²) in [5, 5.41) is 0. The van der Waals surface area contributed by atoms with E-state index >= 15 is 0 Å². The molecule has 0 aliphatic rings. The summed E-state index contributed by atoms with van der Waals surface area (Å²) < 4.78 is 16.9. The van der Waals surface area contributed by atoms with Crippen LogP contribution >= 0.6 is 0 Å². The zero-order valence-corrected chi connectivity index (χ0v) is 53.1. The Kier molecular flexibility index (Phi) is 65.2. The molecule has 1 unspecified atom stereocenters. The number of rotatable bonds is 63. The van der Waals surface area contributed by atoms with Crippen molar-refractivity contribution in [3.63, 3.8) is 0 Å². The molecular formula is C74H130O6. The van der Waals surface area contributed by atoms with Crippen LogP contribution in [-0.4, -0.2) is 37.2 Å². The van der Waals surface area contributed by atoms with Crippen molar-refractivity contribution in [2.45, 2.75) is 354 Å². The third kappa shape index (κ3) is 65.4. The lowest BCUT2D eigenvalue weighted by Gasteiger charge is -2.18. The molecule has 0 saturated carbocycles. The van der Waals surface area contributed by atoms with Crippen LogP contribution in [-0.2, 0) is 28.6 Å². The summed E-state index contributed by atoms with van der Waals surface area (Å²) in [5.41, 5.74) is 0. The first-order chi connectivity index (χ1) is 39.5. The van der Waals surface area contributed by atoms with E-state index in [2.05, 4.69) is 106 Å². The molecule has 0 amide bonds. The molecule has 0 heterocycles. The molecule has 0 bridgehead atoms. The largest absolute Gasteiger partial charge is 0.462 e. The summed E-state index contributed by atoms with van der Waals surface area (Å²) in [6.45, 7) is 6.51. The Labute approximate surface area is 496 Å². The van der Waals surface area contributed by atoms with Gasteiger partial charge in [0, 0.05) is 19.3 Å². The molecule has 0 fully saturated rings.